The summed E-state index contributed by atoms with van der Waals surface area (Å²) in [7, 11) is 0. The lowest BCUT2D eigenvalue weighted by atomic mass is 10.3. The fraction of sp³-hybridized carbons (Fsp3) is 0.0769. The lowest BCUT2D eigenvalue weighted by Crippen LogP contribution is -2.14. The van der Waals surface area contributed by atoms with Crippen LogP contribution in [0.4, 0.5) is 0 Å². The van der Waals surface area contributed by atoms with Crippen molar-refractivity contribution in [2.45, 2.75) is 6.61 Å². The molecule has 0 aliphatic heterocycles. The van der Waals surface area contributed by atoms with E-state index in [0.29, 0.717) is 21.4 Å². The molecule has 6 heteroatoms. The summed E-state index contributed by atoms with van der Waals surface area (Å²) in [5, 5.41) is 2.36. The molecule has 0 bridgehead atoms. The highest BCUT2D eigenvalue weighted by Crippen LogP contribution is 2.23. The van der Waals surface area contributed by atoms with Gasteiger partial charge in [-0.2, -0.15) is 0 Å². The van der Waals surface area contributed by atoms with Crippen LogP contribution in [-0.2, 0) is 6.61 Å². The SMILES string of the molecule is O=c1cc(COc2ccccc2Cl)nc2sccn12. The molecule has 0 N–H and O–H groups in total. The molecule has 0 saturated heterocycles. The van der Waals surface area contributed by atoms with Crippen LogP contribution in [-0.4, -0.2) is 9.38 Å². The Morgan fingerprint density at radius 1 is 1.37 bits per heavy atom. The van der Waals surface area contributed by atoms with Crippen LogP contribution in [0.3, 0.4) is 0 Å². The lowest BCUT2D eigenvalue weighted by molar-refractivity contribution is 0.301. The van der Waals surface area contributed by atoms with Crippen LogP contribution >= 0.6 is 22.9 Å². The van der Waals surface area contributed by atoms with Gasteiger partial charge >= 0.3 is 0 Å². The fourth-order valence-corrected chi connectivity index (χ4v) is 2.60. The predicted octanol–water partition coefficient (Wildman–Crippen LogP) is 2.99. The maximum Gasteiger partial charge on any atom is 0.258 e. The minimum Gasteiger partial charge on any atom is -0.486 e. The molecule has 0 aliphatic rings. The molecular formula is C13H9ClN2O2S. The van der Waals surface area contributed by atoms with Crippen LogP contribution in [0.1, 0.15) is 5.69 Å². The zero-order valence-electron chi connectivity index (χ0n) is 9.75. The quantitative estimate of drug-likeness (QED) is 0.745. The number of hydrogen-bond donors (Lipinski definition) is 0. The first-order chi connectivity index (χ1) is 9.24. The van der Waals surface area contributed by atoms with Crippen LogP contribution in [0.15, 0.2) is 46.7 Å². The predicted molar refractivity (Wildman–Crippen MR) is 75.1 cm³/mol. The van der Waals surface area contributed by atoms with Crippen molar-refractivity contribution in [3.8, 4) is 5.75 Å². The van der Waals surface area contributed by atoms with Crippen LogP contribution in [0, 0.1) is 0 Å². The minimum absolute atomic E-state index is 0.107. The number of benzene rings is 1. The summed E-state index contributed by atoms with van der Waals surface area (Å²) in [6.45, 7) is 0.216. The molecule has 3 aromatic rings. The van der Waals surface area contributed by atoms with Gasteiger partial charge < -0.3 is 4.74 Å². The number of thiazole rings is 1. The second-order valence-corrected chi connectivity index (χ2v) is 5.14. The fourth-order valence-electron chi connectivity index (χ4n) is 1.68. The van der Waals surface area contributed by atoms with E-state index in [1.807, 2.05) is 17.5 Å². The highest BCUT2D eigenvalue weighted by molar-refractivity contribution is 7.15. The van der Waals surface area contributed by atoms with Crippen molar-refractivity contribution in [1.29, 1.82) is 0 Å². The first-order valence-corrected chi connectivity index (χ1v) is 6.83. The Morgan fingerprint density at radius 3 is 3.05 bits per heavy atom. The third-order valence-electron chi connectivity index (χ3n) is 2.57. The number of halogens is 1. The summed E-state index contributed by atoms with van der Waals surface area (Å²) < 4.78 is 7.07. The van der Waals surface area contributed by atoms with Crippen LogP contribution in [0.2, 0.25) is 5.02 Å². The summed E-state index contributed by atoms with van der Waals surface area (Å²) in [6, 6.07) is 8.67. The Morgan fingerprint density at radius 2 is 2.21 bits per heavy atom. The molecule has 19 heavy (non-hydrogen) atoms. The minimum atomic E-state index is -0.107. The zero-order valence-corrected chi connectivity index (χ0v) is 11.3. The molecule has 0 aliphatic carbocycles. The van der Waals surface area contributed by atoms with Crippen molar-refractivity contribution in [2.24, 2.45) is 0 Å². The molecule has 2 heterocycles. The van der Waals surface area contributed by atoms with Crippen molar-refractivity contribution in [1.82, 2.24) is 9.38 Å². The topological polar surface area (TPSA) is 43.6 Å². The van der Waals surface area contributed by atoms with Gasteiger partial charge in [-0.25, -0.2) is 4.98 Å². The second-order valence-electron chi connectivity index (χ2n) is 3.86. The Bertz CT molecular complexity index is 781. The molecule has 0 atom stereocenters. The average Bonchev–Trinajstić information content (AvgIpc) is 2.87. The lowest BCUT2D eigenvalue weighted by Gasteiger charge is -2.07. The van der Waals surface area contributed by atoms with Crippen molar-refractivity contribution in [3.05, 3.63) is 63.0 Å². The number of hydrogen-bond acceptors (Lipinski definition) is 4. The van der Waals surface area contributed by atoms with E-state index in [4.69, 9.17) is 16.3 Å². The molecule has 2 aromatic heterocycles. The van der Waals surface area contributed by atoms with Gasteiger partial charge in [-0.1, -0.05) is 23.7 Å². The largest absolute Gasteiger partial charge is 0.486 e. The van der Waals surface area contributed by atoms with E-state index in [0.717, 1.165) is 0 Å². The Labute approximate surface area is 117 Å². The van der Waals surface area contributed by atoms with E-state index in [9.17, 15) is 4.79 Å². The molecule has 0 amide bonds. The molecule has 96 valence electrons. The molecule has 4 nitrogen and oxygen atoms in total. The highest BCUT2D eigenvalue weighted by Gasteiger charge is 2.05. The van der Waals surface area contributed by atoms with Crippen LogP contribution in [0.5, 0.6) is 5.75 Å². The van der Waals surface area contributed by atoms with Crippen LogP contribution in [0.25, 0.3) is 4.96 Å². The number of aromatic nitrogens is 2. The summed E-state index contributed by atoms with van der Waals surface area (Å²) in [6.07, 6.45) is 1.70. The van der Waals surface area contributed by atoms with Crippen molar-refractivity contribution >= 4 is 27.9 Å². The second kappa shape index (κ2) is 5.03. The molecule has 1 aromatic carbocycles. The van der Waals surface area contributed by atoms with E-state index in [1.54, 1.807) is 18.3 Å². The van der Waals surface area contributed by atoms with E-state index in [2.05, 4.69) is 4.98 Å². The van der Waals surface area contributed by atoms with Crippen molar-refractivity contribution < 1.29 is 4.74 Å². The van der Waals surface area contributed by atoms with Crippen molar-refractivity contribution in [2.75, 3.05) is 0 Å². The van der Waals surface area contributed by atoms with Gasteiger partial charge in [0.2, 0.25) is 0 Å². The van der Waals surface area contributed by atoms with Gasteiger partial charge in [-0.05, 0) is 12.1 Å². The monoisotopic (exact) mass is 292 g/mol. The summed E-state index contributed by atoms with van der Waals surface area (Å²) >= 11 is 7.40. The molecule has 0 saturated carbocycles. The Kier molecular flexibility index (Phi) is 3.23. The third-order valence-corrected chi connectivity index (χ3v) is 3.64. The van der Waals surface area contributed by atoms with Gasteiger partial charge in [0.15, 0.2) is 4.96 Å². The first kappa shape index (κ1) is 12.2. The number of fused-ring (bicyclic) bond motifs is 1. The van der Waals surface area contributed by atoms with E-state index < -0.39 is 0 Å². The summed E-state index contributed by atoms with van der Waals surface area (Å²) in [5.74, 6) is 0.581. The van der Waals surface area contributed by atoms with Crippen molar-refractivity contribution in [3.63, 3.8) is 0 Å². The van der Waals surface area contributed by atoms with Crippen LogP contribution < -0.4 is 10.3 Å². The zero-order chi connectivity index (χ0) is 13.2. The number of para-hydroxylation sites is 1. The van der Waals surface area contributed by atoms with E-state index >= 15 is 0 Å². The summed E-state index contributed by atoms with van der Waals surface area (Å²) in [4.78, 5) is 16.8. The van der Waals surface area contributed by atoms with Gasteiger partial charge in [-0.3, -0.25) is 9.20 Å². The van der Waals surface area contributed by atoms with Gasteiger partial charge in [0.1, 0.15) is 12.4 Å². The number of nitrogens with zero attached hydrogens (tertiary/aromatic N) is 2. The smallest absolute Gasteiger partial charge is 0.258 e. The Balaban J connectivity index is 1.86. The highest BCUT2D eigenvalue weighted by atomic mass is 35.5. The first-order valence-electron chi connectivity index (χ1n) is 5.57. The Hall–Kier alpha value is -1.85. The maximum atomic E-state index is 11.8. The standard InChI is InChI=1S/C13H9ClN2O2S/c14-10-3-1-2-4-11(10)18-8-9-7-12(17)16-5-6-19-13(16)15-9/h1-7H,8H2. The number of rotatable bonds is 3. The number of ether oxygens (including phenoxy) is 1. The van der Waals surface area contributed by atoms with Gasteiger partial charge in [0.05, 0.1) is 10.7 Å². The van der Waals surface area contributed by atoms with Gasteiger partial charge in [0, 0.05) is 17.6 Å². The molecule has 0 unspecified atom stereocenters. The molecule has 0 radical (unpaired) electrons. The average molecular weight is 293 g/mol. The van der Waals surface area contributed by atoms with E-state index in [-0.39, 0.29) is 12.2 Å². The third kappa shape index (κ3) is 2.47. The molecular weight excluding hydrogens is 284 g/mol. The molecule has 0 spiro atoms. The summed E-state index contributed by atoms with van der Waals surface area (Å²) in [5.41, 5.74) is 0.483. The molecule has 3 rings (SSSR count). The maximum absolute atomic E-state index is 11.8. The van der Waals surface area contributed by atoms with Gasteiger partial charge in [0.25, 0.3) is 5.56 Å². The van der Waals surface area contributed by atoms with Gasteiger partial charge in [-0.15, -0.1) is 11.3 Å². The molecule has 0 fully saturated rings. The normalized spacial score (nSPS) is 10.8. The van der Waals surface area contributed by atoms with E-state index in [1.165, 1.54) is 21.8 Å².